The van der Waals surface area contributed by atoms with Crippen LogP contribution in [0, 0.1) is 0 Å². The number of rotatable bonds is 5. The molecular weight excluding hydrogens is 358 g/mol. The predicted molar refractivity (Wildman–Crippen MR) is 93.2 cm³/mol. The van der Waals surface area contributed by atoms with Gasteiger partial charge in [0.2, 0.25) is 0 Å². The van der Waals surface area contributed by atoms with E-state index in [0.29, 0.717) is 28.7 Å². The number of methoxy groups -OCH3 is 1. The number of hydrogen-bond acceptors (Lipinski definition) is 6. The maximum absolute atomic E-state index is 12.7. The highest BCUT2D eigenvalue weighted by Crippen LogP contribution is 2.28. The van der Waals surface area contributed by atoms with Crippen molar-refractivity contribution < 1.29 is 27.9 Å². The monoisotopic (exact) mass is 377 g/mol. The van der Waals surface area contributed by atoms with E-state index < -0.39 is 21.0 Å². The van der Waals surface area contributed by atoms with E-state index in [1.165, 1.54) is 24.3 Å². The molecule has 3 rings (SSSR count). The largest absolute Gasteiger partial charge is 0.497 e. The standard InChI is InChI=1S/C18H19NO6S/c1-24-13-4-6-14(7-5-13)25-15-8-10-16(11-9-15)26(22,23)17-3-2-12-19(21)18(17)20/h4-11,17,21H,2-3,12H2,1H3. The summed E-state index contributed by atoms with van der Waals surface area (Å²) in [4.78, 5) is 12.0. The molecule has 0 aliphatic carbocycles. The van der Waals surface area contributed by atoms with E-state index in [0.717, 1.165) is 0 Å². The number of ether oxygens (including phenoxy) is 2. The van der Waals surface area contributed by atoms with Crippen molar-refractivity contribution in [3.05, 3.63) is 48.5 Å². The number of hydroxylamine groups is 2. The Morgan fingerprint density at radius 2 is 1.54 bits per heavy atom. The van der Waals surface area contributed by atoms with E-state index in [9.17, 15) is 18.4 Å². The summed E-state index contributed by atoms with van der Waals surface area (Å²) in [5, 5.41) is 8.72. The molecule has 2 aromatic rings. The van der Waals surface area contributed by atoms with E-state index in [1.807, 2.05) is 0 Å². The van der Waals surface area contributed by atoms with Crippen LogP contribution in [-0.2, 0) is 14.6 Å². The lowest BCUT2D eigenvalue weighted by Gasteiger charge is -2.27. The molecule has 1 saturated heterocycles. The quantitative estimate of drug-likeness (QED) is 0.805. The summed E-state index contributed by atoms with van der Waals surface area (Å²) >= 11 is 0. The second-order valence-corrected chi connectivity index (χ2v) is 8.02. The molecule has 0 spiro atoms. The zero-order chi connectivity index (χ0) is 18.7. The smallest absolute Gasteiger partial charge is 0.264 e. The van der Waals surface area contributed by atoms with Crippen molar-refractivity contribution in [2.45, 2.75) is 23.0 Å². The normalized spacial score (nSPS) is 17.8. The van der Waals surface area contributed by atoms with Crippen LogP contribution in [0.3, 0.4) is 0 Å². The molecule has 0 bridgehead atoms. The summed E-state index contributed by atoms with van der Waals surface area (Å²) in [5.41, 5.74) is 0. The molecule has 0 aromatic heterocycles. The molecule has 1 unspecified atom stereocenters. The Morgan fingerprint density at radius 1 is 1.00 bits per heavy atom. The molecule has 0 radical (unpaired) electrons. The van der Waals surface area contributed by atoms with Crippen molar-refractivity contribution in [2.24, 2.45) is 0 Å². The van der Waals surface area contributed by atoms with Gasteiger partial charge in [-0.1, -0.05) is 0 Å². The van der Waals surface area contributed by atoms with Crippen molar-refractivity contribution in [3.63, 3.8) is 0 Å². The number of amides is 1. The fourth-order valence-electron chi connectivity index (χ4n) is 2.76. The van der Waals surface area contributed by atoms with E-state index in [-0.39, 0.29) is 17.9 Å². The van der Waals surface area contributed by atoms with Gasteiger partial charge >= 0.3 is 0 Å². The minimum Gasteiger partial charge on any atom is -0.497 e. The Labute approximate surface area is 151 Å². The van der Waals surface area contributed by atoms with Crippen molar-refractivity contribution >= 4 is 15.7 Å². The van der Waals surface area contributed by atoms with Crippen LogP contribution in [-0.4, -0.2) is 43.5 Å². The first-order valence-electron chi connectivity index (χ1n) is 8.08. The zero-order valence-corrected chi connectivity index (χ0v) is 15.0. The van der Waals surface area contributed by atoms with Gasteiger partial charge in [0.15, 0.2) is 9.84 Å². The summed E-state index contributed by atoms with van der Waals surface area (Å²) in [6.07, 6.45) is 0.632. The Bertz CT molecular complexity index is 877. The Kier molecular flexibility index (Phi) is 5.15. The molecule has 2 aromatic carbocycles. The van der Waals surface area contributed by atoms with Gasteiger partial charge in [0.05, 0.1) is 12.0 Å². The van der Waals surface area contributed by atoms with Crippen LogP contribution in [0.1, 0.15) is 12.8 Å². The molecule has 1 atom stereocenters. The molecule has 138 valence electrons. The van der Waals surface area contributed by atoms with Gasteiger partial charge in [-0.05, 0) is 61.4 Å². The third-order valence-electron chi connectivity index (χ3n) is 4.19. The van der Waals surface area contributed by atoms with Crippen molar-refractivity contribution in [2.75, 3.05) is 13.7 Å². The SMILES string of the molecule is COc1ccc(Oc2ccc(S(=O)(=O)C3CCCN(O)C3=O)cc2)cc1. The second kappa shape index (κ2) is 7.35. The number of sulfone groups is 1. The third kappa shape index (κ3) is 3.66. The van der Waals surface area contributed by atoms with Crippen LogP contribution in [0.25, 0.3) is 0 Å². The third-order valence-corrected chi connectivity index (χ3v) is 6.30. The maximum atomic E-state index is 12.7. The lowest BCUT2D eigenvalue weighted by molar-refractivity contribution is -0.168. The minimum absolute atomic E-state index is 0.0215. The fourth-order valence-corrected chi connectivity index (χ4v) is 4.46. The fraction of sp³-hybridized carbons (Fsp3) is 0.278. The van der Waals surface area contributed by atoms with Gasteiger partial charge < -0.3 is 9.47 Å². The van der Waals surface area contributed by atoms with Crippen LogP contribution < -0.4 is 9.47 Å². The second-order valence-electron chi connectivity index (χ2n) is 5.89. The average molecular weight is 377 g/mol. The Hall–Kier alpha value is -2.58. The summed E-state index contributed by atoms with van der Waals surface area (Å²) in [6.45, 7) is 0.152. The van der Waals surface area contributed by atoms with Crippen LogP contribution >= 0.6 is 0 Å². The van der Waals surface area contributed by atoms with Gasteiger partial charge in [-0.25, -0.2) is 13.5 Å². The first-order chi connectivity index (χ1) is 12.4. The van der Waals surface area contributed by atoms with Gasteiger partial charge in [0.1, 0.15) is 22.5 Å². The summed E-state index contributed by atoms with van der Waals surface area (Å²) in [5.74, 6) is 0.969. The van der Waals surface area contributed by atoms with E-state index >= 15 is 0 Å². The van der Waals surface area contributed by atoms with Crippen molar-refractivity contribution in [1.29, 1.82) is 0 Å². The number of hydrogen-bond donors (Lipinski definition) is 1. The van der Waals surface area contributed by atoms with Gasteiger partial charge in [0, 0.05) is 6.54 Å². The highest BCUT2D eigenvalue weighted by atomic mass is 32.2. The van der Waals surface area contributed by atoms with Crippen LogP contribution in [0.15, 0.2) is 53.4 Å². The van der Waals surface area contributed by atoms with E-state index in [4.69, 9.17) is 9.47 Å². The molecule has 1 heterocycles. The van der Waals surface area contributed by atoms with Gasteiger partial charge in [0.25, 0.3) is 5.91 Å². The number of piperidine rings is 1. The maximum Gasteiger partial charge on any atom is 0.264 e. The first-order valence-corrected chi connectivity index (χ1v) is 9.62. The van der Waals surface area contributed by atoms with E-state index in [2.05, 4.69) is 0 Å². The topological polar surface area (TPSA) is 93.1 Å². The van der Waals surface area contributed by atoms with Crippen molar-refractivity contribution in [3.8, 4) is 17.2 Å². The van der Waals surface area contributed by atoms with Crippen molar-refractivity contribution in [1.82, 2.24) is 5.06 Å². The Balaban J connectivity index is 1.76. The lowest BCUT2D eigenvalue weighted by Crippen LogP contribution is -2.45. The molecular formula is C18H19NO6S. The predicted octanol–water partition coefficient (Wildman–Crippen LogP) is 2.64. The molecule has 1 aliphatic heterocycles. The summed E-state index contributed by atoms with van der Waals surface area (Å²) in [6, 6.07) is 12.8. The molecule has 8 heteroatoms. The lowest BCUT2D eigenvalue weighted by atomic mass is 10.1. The van der Waals surface area contributed by atoms with Gasteiger partial charge in [-0.2, -0.15) is 0 Å². The number of nitrogens with zero attached hydrogens (tertiary/aromatic N) is 1. The van der Waals surface area contributed by atoms with Crippen LogP contribution in [0.2, 0.25) is 0 Å². The number of benzene rings is 2. The molecule has 26 heavy (non-hydrogen) atoms. The molecule has 1 fully saturated rings. The molecule has 7 nitrogen and oxygen atoms in total. The molecule has 1 aliphatic rings. The molecule has 1 N–H and O–H groups in total. The highest BCUT2D eigenvalue weighted by Gasteiger charge is 2.39. The Morgan fingerprint density at radius 3 is 2.12 bits per heavy atom. The van der Waals surface area contributed by atoms with Gasteiger partial charge in [-0.3, -0.25) is 10.0 Å². The first kappa shape index (κ1) is 18.2. The average Bonchev–Trinajstić information content (AvgIpc) is 2.65. The van der Waals surface area contributed by atoms with E-state index in [1.54, 1.807) is 31.4 Å². The summed E-state index contributed by atoms with van der Waals surface area (Å²) < 4.78 is 36.1. The summed E-state index contributed by atoms with van der Waals surface area (Å²) in [7, 11) is -2.29. The van der Waals surface area contributed by atoms with Gasteiger partial charge in [-0.15, -0.1) is 0 Å². The van der Waals surface area contributed by atoms with Crippen LogP contribution in [0.4, 0.5) is 0 Å². The number of carbonyl (C=O) groups is 1. The molecule has 1 amide bonds. The highest BCUT2D eigenvalue weighted by molar-refractivity contribution is 7.92. The molecule has 0 saturated carbocycles. The minimum atomic E-state index is -3.87. The number of carbonyl (C=O) groups excluding carboxylic acids is 1. The zero-order valence-electron chi connectivity index (χ0n) is 14.2. The van der Waals surface area contributed by atoms with Crippen LogP contribution in [0.5, 0.6) is 17.2 Å².